The van der Waals surface area contributed by atoms with Gasteiger partial charge in [0.1, 0.15) is 5.56 Å². The van der Waals surface area contributed by atoms with Gasteiger partial charge in [0.2, 0.25) is 0 Å². The predicted molar refractivity (Wildman–Crippen MR) is 44.9 cm³/mol. The molecule has 1 heterocycles. The zero-order valence-electron chi connectivity index (χ0n) is 7.74. The number of halogens is 5. The molecule has 1 aromatic rings. The van der Waals surface area contributed by atoms with E-state index in [9.17, 15) is 26.7 Å². The van der Waals surface area contributed by atoms with Crippen molar-refractivity contribution in [3.05, 3.63) is 33.2 Å². The minimum Gasteiger partial charge on any atom is -0.325 e. The van der Waals surface area contributed by atoms with E-state index in [0.29, 0.717) is 6.07 Å². The van der Waals surface area contributed by atoms with Gasteiger partial charge in [0.25, 0.3) is 12.0 Å². The first-order valence-electron chi connectivity index (χ1n) is 4.09. The third-order valence-corrected chi connectivity index (χ3v) is 1.86. The van der Waals surface area contributed by atoms with Crippen molar-refractivity contribution in [2.24, 2.45) is 5.73 Å². The average Bonchev–Trinajstić information content (AvgIpc) is 2.14. The molecule has 0 bridgehead atoms. The quantitative estimate of drug-likeness (QED) is 0.777. The van der Waals surface area contributed by atoms with Crippen molar-refractivity contribution in [2.75, 3.05) is 0 Å². The number of aromatic nitrogens is 1. The smallest absolute Gasteiger partial charge is 0.325 e. The van der Waals surface area contributed by atoms with Gasteiger partial charge in [0, 0.05) is 17.8 Å². The maximum atomic E-state index is 12.4. The van der Waals surface area contributed by atoms with Crippen LogP contribution in [0, 0.1) is 0 Å². The van der Waals surface area contributed by atoms with Crippen molar-refractivity contribution in [2.45, 2.75) is 19.1 Å². The molecule has 0 saturated carbocycles. The number of aromatic amines is 1. The van der Waals surface area contributed by atoms with Gasteiger partial charge in [-0.25, -0.2) is 8.78 Å². The Morgan fingerprint density at radius 3 is 2.31 bits per heavy atom. The molecule has 0 unspecified atom stereocenters. The summed E-state index contributed by atoms with van der Waals surface area (Å²) in [5.41, 5.74) is 0.0464. The number of hydrogen-bond donors (Lipinski definition) is 2. The molecule has 0 aliphatic heterocycles. The summed E-state index contributed by atoms with van der Waals surface area (Å²) in [6, 6.07) is 0.550. The third kappa shape index (κ3) is 2.38. The van der Waals surface area contributed by atoms with Crippen LogP contribution in [0.2, 0.25) is 0 Å². The maximum Gasteiger partial charge on any atom is 0.422 e. The van der Waals surface area contributed by atoms with Gasteiger partial charge in [0.15, 0.2) is 0 Å². The first kappa shape index (κ1) is 12.6. The molecule has 0 fully saturated rings. The van der Waals surface area contributed by atoms with Crippen LogP contribution in [-0.2, 0) is 12.7 Å². The van der Waals surface area contributed by atoms with Gasteiger partial charge in [-0.2, -0.15) is 13.2 Å². The third-order valence-electron chi connectivity index (χ3n) is 1.86. The Morgan fingerprint density at radius 1 is 1.38 bits per heavy atom. The van der Waals surface area contributed by atoms with Gasteiger partial charge in [0.05, 0.1) is 0 Å². The summed E-state index contributed by atoms with van der Waals surface area (Å²) in [5.74, 6) is 0. The minimum atomic E-state index is -5.12. The van der Waals surface area contributed by atoms with E-state index in [2.05, 4.69) is 0 Å². The Morgan fingerprint density at radius 2 is 1.94 bits per heavy atom. The molecule has 8 heteroatoms. The first-order valence-corrected chi connectivity index (χ1v) is 4.09. The molecule has 0 radical (unpaired) electrons. The molecule has 0 aliphatic rings. The Balaban J connectivity index is 3.53. The number of alkyl halides is 5. The fraction of sp³-hybridized carbons (Fsp3) is 0.375. The molecule has 0 spiro atoms. The second kappa shape index (κ2) is 4.20. The van der Waals surface area contributed by atoms with E-state index in [1.54, 1.807) is 4.98 Å². The van der Waals surface area contributed by atoms with Crippen LogP contribution in [0.3, 0.4) is 0 Å². The molecule has 1 rings (SSSR count). The molecule has 0 aliphatic carbocycles. The highest BCUT2D eigenvalue weighted by Gasteiger charge is 2.39. The van der Waals surface area contributed by atoms with Crippen LogP contribution in [0.1, 0.15) is 23.2 Å². The van der Waals surface area contributed by atoms with Gasteiger partial charge in [-0.05, 0) is 6.07 Å². The summed E-state index contributed by atoms with van der Waals surface area (Å²) in [6.45, 7) is -0.326. The molecule has 0 amide bonds. The lowest BCUT2D eigenvalue weighted by Gasteiger charge is -2.12. The summed E-state index contributed by atoms with van der Waals surface area (Å²) >= 11 is 0. The number of hydrogen-bond acceptors (Lipinski definition) is 2. The van der Waals surface area contributed by atoms with Crippen molar-refractivity contribution in [3.8, 4) is 0 Å². The van der Waals surface area contributed by atoms with Crippen molar-refractivity contribution in [1.82, 2.24) is 4.98 Å². The Bertz CT molecular complexity index is 437. The van der Waals surface area contributed by atoms with Crippen LogP contribution >= 0.6 is 0 Å². The highest BCUT2D eigenvalue weighted by Crippen LogP contribution is 2.33. The fourth-order valence-corrected chi connectivity index (χ4v) is 1.21. The second-order valence-electron chi connectivity index (χ2n) is 2.96. The fourth-order valence-electron chi connectivity index (χ4n) is 1.21. The highest BCUT2D eigenvalue weighted by atomic mass is 19.4. The topological polar surface area (TPSA) is 58.9 Å². The van der Waals surface area contributed by atoms with E-state index >= 15 is 0 Å². The molecular weight excluding hydrogens is 235 g/mol. The first-order chi connectivity index (χ1) is 7.27. The van der Waals surface area contributed by atoms with E-state index in [1.807, 2.05) is 0 Å². The summed E-state index contributed by atoms with van der Waals surface area (Å²) in [7, 11) is 0. The van der Waals surface area contributed by atoms with Crippen molar-refractivity contribution in [1.29, 1.82) is 0 Å². The molecule has 3 N–H and O–H groups in total. The van der Waals surface area contributed by atoms with Gasteiger partial charge in [-0.3, -0.25) is 4.79 Å². The molecule has 3 nitrogen and oxygen atoms in total. The summed E-state index contributed by atoms with van der Waals surface area (Å²) in [5, 5.41) is 0. The number of nitrogens with one attached hydrogen (secondary N) is 1. The van der Waals surface area contributed by atoms with Crippen molar-refractivity contribution in [3.63, 3.8) is 0 Å². The Kier molecular flexibility index (Phi) is 3.32. The number of H-pyrrole nitrogens is 1. The van der Waals surface area contributed by atoms with Crippen LogP contribution in [0.4, 0.5) is 22.0 Å². The summed E-state index contributed by atoms with van der Waals surface area (Å²) in [6.07, 6.45) is -8.50. The van der Waals surface area contributed by atoms with Crippen molar-refractivity contribution >= 4 is 0 Å². The molecule has 1 aromatic heterocycles. The maximum absolute atomic E-state index is 12.4. The zero-order valence-corrected chi connectivity index (χ0v) is 7.74. The SMILES string of the molecule is NCc1cc(C(F)F)c(C(F)(F)F)c(=O)[nH]1. The lowest BCUT2D eigenvalue weighted by atomic mass is 10.1. The van der Waals surface area contributed by atoms with Crippen LogP contribution in [0.5, 0.6) is 0 Å². The Hall–Kier alpha value is -1.44. The van der Waals surface area contributed by atoms with Crippen LogP contribution in [0.25, 0.3) is 0 Å². The van der Waals surface area contributed by atoms with Crippen LogP contribution < -0.4 is 11.3 Å². The van der Waals surface area contributed by atoms with Crippen molar-refractivity contribution < 1.29 is 22.0 Å². The minimum absolute atomic E-state index is 0.173. The lowest BCUT2D eigenvalue weighted by molar-refractivity contribution is -0.140. The molecule has 0 saturated heterocycles. The van der Waals surface area contributed by atoms with Gasteiger partial charge < -0.3 is 10.7 Å². The van der Waals surface area contributed by atoms with E-state index in [1.165, 1.54) is 0 Å². The van der Waals surface area contributed by atoms with E-state index in [4.69, 9.17) is 5.73 Å². The normalized spacial score (nSPS) is 12.2. The van der Waals surface area contributed by atoms with E-state index in [-0.39, 0.29) is 12.2 Å². The zero-order chi connectivity index (χ0) is 12.5. The van der Waals surface area contributed by atoms with Gasteiger partial charge in [-0.1, -0.05) is 0 Å². The molecule has 0 atom stereocenters. The highest BCUT2D eigenvalue weighted by molar-refractivity contribution is 5.30. The molecular formula is C8H7F5N2O. The molecule has 16 heavy (non-hydrogen) atoms. The summed E-state index contributed by atoms with van der Waals surface area (Å²) < 4.78 is 61.7. The number of pyridine rings is 1. The second-order valence-corrected chi connectivity index (χ2v) is 2.96. The summed E-state index contributed by atoms with van der Waals surface area (Å²) in [4.78, 5) is 12.8. The van der Waals surface area contributed by atoms with Crippen LogP contribution in [0.15, 0.2) is 10.9 Å². The molecule has 0 aromatic carbocycles. The molecule has 90 valence electrons. The number of rotatable bonds is 2. The standard InChI is InChI=1S/C8H7F5N2O/c9-6(10)4-1-3(2-14)15-7(16)5(4)8(11,12)13/h1,6H,2,14H2,(H,15,16). The van der Waals surface area contributed by atoms with E-state index in [0.717, 1.165) is 0 Å². The average molecular weight is 242 g/mol. The van der Waals surface area contributed by atoms with Gasteiger partial charge in [-0.15, -0.1) is 0 Å². The monoisotopic (exact) mass is 242 g/mol. The Labute approximate surface area is 86.1 Å². The van der Waals surface area contributed by atoms with E-state index < -0.39 is 29.3 Å². The largest absolute Gasteiger partial charge is 0.422 e. The van der Waals surface area contributed by atoms with Crippen LogP contribution in [-0.4, -0.2) is 4.98 Å². The predicted octanol–water partition coefficient (Wildman–Crippen LogP) is 1.79. The lowest BCUT2D eigenvalue weighted by Crippen LogP contribution is -2.26. The van der Waals surface area contributed by atoms with Gasteiger partial charge >= 0.3 is 6.18 Å². The number of nitrogens with two attached hydrogens (primary N) is 1.